The van der Waals surface area contributed by atoms with Crippen molar-refractivity contribution in [3.63, 3.8) is 0 Å². The van der Waals surface area contributed by atoms with Gasteiger partial charge in [-0.25, -0.2) is 0 Å². The van der Waals surface area contributed by atoms with Crippen molar-refractivity contribution < 1.29 is 14.3 Å². The summed E-state index contributed by atoms with van der Waals surface area (Å²) in [5.74, 6) is 0.790. The van der Waals surface area contributed by atoms with Crippen molar-refractivity contribution in [3.8, 4) is 5.75 Å². The molecule has 2 fully saturated rings. The minimum Gasteiger partial charge on any atom is -0.491 e. The smallest absolute Gasteiger partial charge is 0.233 e. The zero-order valence-corrected chi connectivity index (χ0v) is 13.1. The Hall–Kier alpha value is -1.75. The van der Waals surface area contributed by atoms with Crippen LogP contribution in [0.3, 0.4) is 0 Å². The fraction of sp³-hybridized carbons (Fsp3) is 0.588. The molecule has 1 aromatic rings. The van der Waals surface area contributed by atoms with E-state index in [2.05, 4.69) is 17.0 Å². The molecule has 3 aliphatic rings. The van der Waals surface area contributed by atoms with Gasteiger partial charge in [-0.15, -0.1) is 0 Å². The molecular formula is C17H22N2O3. The number of hydrogen-bond donors (Lipinski definition) is 0. The van der Waals surface area contributed by atoms with E-state index >= 15 is 0 Å². The van der Waals surface area contributed by atoms with Crippen molar-refractivity contribution in [1.82, 2.24) is 0 Å². The van der Waals surface area contributed by atoms with Crippen LogP contribution in [-0.4, -0.2) is 44.9 Å². The highest BCUT2D eigenvalue weighted by Crippen LogP contribution is 2.37. The lowest BCUT2D eigenvalue weighted by atomic mass is 10.1. The average Bonchev–Trinajstić information content (AvgIpc) is 2.84. The fourth-order valence-electron chi connectivity index (χ4n) is 3.65. The van der Waals surface area contributed by atoms with Gasteiger partial charge in [-0.2, -0.15) is 0 Å². The molecule has 22 heavy (non-hydrogen) atoms. The molecule has 5 heteroatoms. The molecule has 2 unspecified atom stereocenters. The van der Waals surface area contributed by atoms with Crippen molar-refractivity contribution in [2.45, 2.75) is 32.0 Å². The highest BCUT2D eigenvalue weighted by molar-refractivity contribution is 5.97. The molecule has 5 nitrogen and oxygen atoms in total. The Morgan fingerprint density at radius 1 is 1.18 bits per heavy atom. The third-order valence-corrected chi connectivity index (χ3v) is 4.95. The highest BCUT2D eigenvalue weighted by atomic mass is 16.5. The molecule has 118 valence electrons. The number of carbonyl (C=O) groups is 1. The number of ether oxygens (including phenoxy) is 2. The molecule has 0 saturated carbocycles. The maximum atomic E-state index is 12.3. The molecule has 3 aliphatic heterocycles. The standard InChI is InChI=1S/C17H22N2O3/c1-11-10-21-16-6-3-12(7-15(16)18(2)17(11)20)19-8-13-4-5-14(9-19)22-13/h3,6-7,11,13-14H,4-5,8-10H2,1-2H3/t11-,13?,14?/m0/s1. The molecule has 1 aromatic carbocycles. The summed E-state index contributed by atoms with van der Waals surface area (Å²) in [5.41, 5.74) is 2.02. The van der Waals surface area contributed by atoms with Crippen molar-refractivity contribution >= 4 is 17.3 Å². The number of anilines is 2. The minimum absolute atomic E-state index is 0.109. The maximum Gasteiger partial charge on any atom is 0.233 e. The molecule has 2 saturated heterocycles. The molecule has 3 heterocycles. The van der Waals surface area contributed by atoms with E-state index in [9.17, 15) is 4.79 Å². The Balaban J connectivity index is 1.65. The van der Waals surface area contributed by atoms with Crippen LogP contribution in [0.2, 0.25) is 0 Å². The molecule has 3 atom stereocenters. The molecule has 2 bridgehead atoms. The SMILES string of the molecule is C[C@H]1COc2ccc(N3CC4CCC(C3)O4)cc2N(C)C1=O. The van der Waals surface area contributed by atoms with Gasteiger partial charge in [-0.1, -0.05) is 6.92 Å². The third-order valence-electron chi connectivity index (χ3n) is 4.95. The highest BCUT2D eigenvalue weighted by Gasteiger charge is 2.34. The van der Waals surface area contributed by atoms with Gasteiger partial charge in [-0.05, 0) is 31.0 Å². The lowest BCUT2D eigenvalue weighted by Gasteiger charge is -2.34. The van der Waals surface area contributed by atoms with Crippen molar-refractivity contribution in [3.05, 3.63) is 18.2 Å². The summed E-state index contributed by atoms with van der Waals surface area (Å²) in [4.78, 5) is 16.4. The van der Waals surface area contributed by atoms with Crippen LogP contribution in [0.15, 0.2) is 18.2 Å². The monoisotopic (exact) mass is 302 g/mol. The quantitative estimate of drug-likeness (QED) is 0.796. The van der Waals surface area contributed by atoms with Gasteiger partial charge in [-0.3, -0.25) is 4.79 Å². The number of amides is 1. The van der Waals surface area contributed by atoms with E-state index in [-0.39, 0.29) is 11.8 Å². The van der Waals surface area contributed by atoms with Crippen LogP contribution in [0, 0.1) is 5.92 Å². The predicted molar refractivity (Wildman–Crippen MR) is 84.6 cm³/mol. The zero-order chi connectivity index (χ0) is 15.3. The number of fused-ring (bicyclic) bond motifs is 3. The van der Waals surface area contributed by atoms with Crippen LogP contribution >= 0.6 is 0 Å². The Labute approximate surface area is 130 Å². The summed E-state index contributed by atoms with van der Waals surface area (Å²) >= 11 is 0. The van der Waals surface area contributed by atoms with E-state index in [0.717, 1.165) is 43.1 Å². The van der Waals surface area contributed by atoms with Crippen LogP contribution in [0.4, 0.5) is 11.4 Å². The topological polar surface area (TPSA) is 42.0 Å². The van der Waals surface area contributed by atoms with Crippen LogP contribution in [0.25, 0.3) is 0 Å². The Morgan fingerprint density at radius 2 is 1.91 bits per heavy atom. The van der Waals surface area contributed by atoms with Crippen molar-refractivity contribution in [1.29, 1.82) is 0 Å². The molecule has 4 rings (SSSR count). The molecule has 0 spiro atoms. The molecule has 1 amide bonds. The number of nitrogens with zero attached hydrogens (tertiary/aromatic N) is 2. The van der Waals surface area contributed by atoms with Gasteiger partial charge in [0, 0.05) is 25.8 Å². The van der Waals surface area contributed by atoms with Crippen LogP contribution in [0.5, 0.6) is 5.75 Å². The average molecular weight is 302 g/mol. The van der Waals surface area contributed by atoms with Crippen LogP contribution < -0.4 is 14.5 Å². The Bertz CT molecular complexity index is 592. The Morgan fingerprint density at radius 3 is 2.64 bits per heavy atom. The van der Waals surface area contributed by atoms with Gasteiger partial charge in [0.25, 0.3) is 0 Å². The zero-order valence-electron chi connectivity index (χ0n) is 13.1. The van der Waals surface area contributed by atoms with E-state index in [0.29, 0.717) is 18.8 Å². The van der Waals surface area contributed by atoms with Gasteiger partial charge in [0.15, 0.2) is 0 Å². The largest absolute Gasteiger partial charge is 0.491 e. The molecule has 0 aliphatic carbocycles. The predicted octanol–water partition coefficient (Wildman–Crippen LogP) is 2.05. The normalized spacial score (nSPS) is 30.8. The van der Waals surface area contributed by atoms with Crippen LogP contribution in [-0.2, 0) is 9.53 Å². The summed E-state index contributed by atoms with van der Waals surface area (Å²) in [6.07, 6.45) is 3.03. The number of morpholine rings is 1. The van der Waals surface area contributed by atoms with Gasteiger partial charge < -0.3 is 19.3 Å². The fourth-order valence-corrected chi connectivity index (χ4v) is 3.65. The van der Waals surface area contributed by atoms with E-state index < -0.39 is 0 Å². The minimum atomic E-state index is -0.111. The second-order valence-corrected chi connectivity index (χ2v) is 6.62. The van der Waals surface area contributed by atoms with E-state index in [1.165, 1.54) is 0 Å². The number of rotatable bonds is 1. The summed E-state index contributed by atoms with van der Waals surface area (Å²) < 4.78 is 11.7. The van der Waals surface area contributed by atoms with Gasteiger partial charge >= 0.3 is 0 Å². The van der Waals surface area contributed by atoms with Crippen molar-refractivity contribution in [2.24, 2.45) is 5.92 Å². The summed E-state index contributed by atoms with van der Waals surface area (Å²) in [6.45, 7) is 4.22. The molecular weight excluding hydrogens is 280 g/mol. The second-order valence-electron chi connectivity index (χ2n) is 6.62. The first kappa shape index (κ1) is 13.9. The van der Waals surface area contributed by atoms with Gasteiger partial charge in [0.05, 0.1) is 30.4 Å². The first-order valence-electron chi connectivity index (χ1n) is 8.06. The number of benzene rings is 1. The lowest BCUT2D eigenvalue weighted by Crippen LogP contribution is -2.42. The van der Waals surface area contributed by atoms with Gasteiger partial charge in [0.2, 0.25) is 5.91 Å². The van der Waals surface area contributed by atoms with Crippen molar-refractivity contribution in [2.75, 3.05) is 36.5 Å². The third kappa shape index (κ3) is 2.24. The lowest BCUT2D eigenvalue weighted by molar-refractivity contribution is -0.122. The maximum absolute atomic E-state index is 12.3. The first-order chi connectivity index (χ1) is 10.6. The van der Waals surface area contributed by atoms with Gasteiger partial charge in [0.1, 0.15) is 5.75 Å². The molecule has 0 N–H and O–H groups in total. The number of carbonyl (C=O) groups excluding carboxylic acids is 1. The Kier molecular flexibility index (Phi) is 3.26. The van der Waals surface area contributed by atoms with E-state index in [4.69, 9.17) is 9.47 Å². The second kappa shape index (κ2) is 5.16. The van der Waals surface area contributed by atoms with Crippen LogP contribution in [0.1, 0.15) is 19.8 Å². The summed E-state index contributed by atoms with van der Waals surface area (Å²) in [7, 11) is 1.83. The number of hydrogen-bond acceptors (Lipinski definition) is 4. The molecule has 0 aromatic heterocycles. The summed E-state index contributed by atoms with van der Waals surface area (Å²) in [6, 6.07) is 6.16. The van der Waals surface area contributed by atoms with E-state index in [1.807, 2.05) is 20.0 Å². The summed E-state index contributed by atoms with van der Waals surface area (Å²) in [5, 5.41) is 0. The molecule has 0 radical (unpaired) electrons. The first-order valence-corrected chi connectivity index (χ1v) is 8.06. The van der Waals surface area contributed by atoms with E-state index in [1.54, 1.807) is 4.90 Å².